The standard InChI is InChI=1S/C9H9NO6S/c1-6(9(11)12)17(15,16)8-4-2-7(3-5-8)10(13)14/h2-6H,1H3,(H,11,12)/t6-/m1/s1. The Hall–Kier alpha value is -1.96. The molecule has 7 nitrogen and oxygen atoms in total. The summed E-state index contributed by atoms with van der Waals surface area (Å²) >= 11 is 0. The maximum atomic E-state index is 11.7. The molecular formula is C9H9NO6S. The average Bonchev–Trinajstić information content (AvgIpc) is 2.27. The number of hydrogen-bond donors (Lipinski definition) is 1. The minimum atomic E-state index is -4.00. The third-order valence-corrected chi connectivity index (χ3v) is 4.25. The Balaban J connectivity index is 3.17. The van der Waals surface area contributed by atoms with E-state index in [2.05, 4.69) is 0 Å². The van der Waals surface area contributed by atoms with Gasteiger partial charge < -0.3 is 5.11 Å². The maximum Gasteiger partial charge on any atom is 0.321 e. The summed E-state index contributed by atoms with van der Waals surface area (Å²) < 4.78 is 23.4. The van der Waals surface area contributed by atoms with E-state index >= 15 is 0 Å². The van der Waals surface area contributed by atoms with Crippen molar-refractivity contribution in [2.45, 2.75) is 17.1 Å². The van der Waals surface area contributed by atoms with Crippen molar-refractivity contribution < 1.29 is 23.2 Å². The second kappa shape index (κ2) is 4.50. The number of nitro benzene ring substituents is 1. The van der Waals surface area contributed by atoms with Gasteiger partial charge in [-0.1, -0.05) is 0 Å². The highest BCUT2D eigenvalue weighted by molar-refractivity contribution is 7.92. The number of nitrogens with zero attached hydrogens (tertiary/aromatic N) is 1. The fraction of sp³-hybridized carbons (Fsp3) is 0.222. The van der Waals surface area contributed by atoms with Gasteiger partial charge in [-0.25, -0.2) is 8.42 Å². The van der Waals surface area contributed by atoms with Crippen LogP contribution in [-0.2, 0) is 14.6 Å². The Morgan fingerprint density at radius 2 is 1.82 bits per heavy atom. The number of carbonyl (C=O) groups is 1. The van der Waals surface area contributed by atoms with Crippen molar-refractivity contribution in [1.82, 2.24) is 0 Å². The highest BCUT2D eigenvalue weighted by Crippen LogP contribution is 2.19. The van der Waals surface area contributed by atoms with E-state index in [1.54, 1.807) is 0 Å². The lowest BCUT2D eigenvalue weighted by molar-refractivity contribution is -0.384. The summed E-state index contributed by atoms with van der Waals surface area (Å²) in [5, 5.41) is 17.4. The van der Waals surface area contributed by atoms with Gasteiger partial charge in [-0.2, -0.15) is 0 Å². The molecule has 0 aliphatic heterocycles. The van der Waals surface area contributed by atoms with E-state index in [0.29, 0.717) is 0 Å². The Kier molecular flexibility index (Phi) is 3.47. The van der Waals surface area contributed by atoms with Gasteiger partial charge in [0, 0.05) is 12.1 Å². The molecule has 0 saturated heterocycles. The Bertz CT molecular complexity index is 547. The van der Waals surface area contributed by atoms with Crippen LogP contribution in [0.2, 0.25) is 0 Å². The van der Waals surface area contributed by atoms with Crippen LogP contribution in [-0.4, -0.2) is 29.7 Å². The van der Waals surface area contributed by atoms with Gasteiger partial charge in [0.1, 0.15) is 0 Å². The number of carboxylic acids is 1. The molecule has 8 heteroatoms. The zero-order valence-electron chi connectivity index (χ0n) is 8.73. The molecule has 92 valence electrons. The highest BCUT2D eigenvalue weighted by Gasteiger charge is 2.29. The number of non-ortho nitro benzene ring substituents is 1. The first-order chi connectivity index (χ1) is 7.76. The highest BCUT2D eigenvalue weighted by atomic mass is 32.2. The molecule has 0 unspecified atom stereocenters. The van der Waals surface area contributed by atoms with E-state index < -0.39 is 26.0 Å². The van der Waals surface area contributed by atoms with Crippen molar-refractivity contribution in [3.05, 3.63) is 34.4 Å². The second-order valence-corrected chi connectivity index (χ2v) is 5.55. The Morgan fingerprint density at radius 3 is 2.18 bits per heavy atom. The number of sulfone groups is 1. The molecule has 0 saturated carbocycles. The van der Waals surface area contributed by atoms with Crippen molar-refractivity contribution >= 4 is 21.5 Å². The lowest BCUT2D eigenvalue weighted by atomic mass is 10.3. The Morgan fingerprint density at radius 1 is 1.35 bits per heavy atom. The van der Waals surface area contributed by atoms with Crippen LogP contribution < -0.4 is 0 Å². The van der Waals surface area contributed by atoms with Crippen LogP contribution in [0.1, 0.15) is 6.92 Å². The zero-order valence-corrected chi connectivity index (χ0v) is 9.55. The van der Waals surface area contributed by atoms with E-state index in [0.717, 1.165) is 31.2 Å². The van der Waals surface area contributed by atoms with Gasteiger partial charge in [0.05, 0.1) is 9.82 Å². The van der Waals surface area contributed by atoms with Crippen molar-refractivity contribution in [3.8, 4) is 0 Å². The number of nitro groups is 1. The van der Waals surface area contributed by atoms with Gasteiger partial charge >= 0.3 is 5.97 Å². The van der Waals surface area contributed by atoms with E-state index in [9.17, 15) is 23.3 Å². The van der Waals surface area contributed by atoms with Crippen LogP contribution in [0, 0.1) is 10.1 Å². The SMILES string of the molecule is C[C@H](C(=O)O)S(=O)(=O)c1ccc([N+](=O)[O-])cc1. The summed E-state index contributed by atoms with van der Waals surface area (Å²) in [7, 11) is -4.00. The molecule has 0 radical (unpaired) electrons. The minimum Gasteiger partial charge on any atom is -0.480 e. The first-order valence-corrected chi connectivity index (χ1v) is 6.02. The van der Waals surface area contributed by atoms with Crippen molar-refractivity contribution in [2.75, 3.05) is 0 Å². The number of aliphatic carboxylic acids is 1. The van der Waals surface area contributed by atoms with Crippen LogP contribution in [0.4, 0.5) is 5.69 Å². The molecule has 0 spiro atoms. The molecule has 0 aliphatic rings. The molecular weight excluding hydrogens is 250 g/mol. The number of hydrogen-bond acceptors (Lipinski definition) is 5. The smallest absolute Gasteiger partial charge is 0.321 e. The average molecular weight is 259 g/mol. The number of rotatable bonds is 4. The summed E-state index contributed by atoms with van der Waals surface area (Å²) in [5.74, 6) is -1.47. The molecule has 0 bridgehead atoms. The number of carboxylic acid groups (broad SMARTS) is 1. The lowest BCUT2D eigenvalue weighted by Gasteiger charge is -2.07. The van der Waals surface area contributed by atoms with Crippen molar-refractivity contribution in [1.29, 1.82) is 0 Å². The van der Waals surface area contributed by atoms with E-state index in [-0.39, 0.29) is 10.6 Å². The van der Waals surface area contributed by atoms with Crippen LogP contribution in [0.5, 0.6) is 0 Å². The minimum absolute atomic E-state index is 0.252. The molecule has 17 heavy (non-hydrogen) atoms. The normalized spacial score (nSPS) is 13.0. The van der Waals surface area contributed by atoms with Crippen molar-refractivity contribution in [2.24, 2.45) is 0 Å². The van der Waals surface area contributed by atoms with Crippen LogP contribution in [0.3, 0.4) is 0 Å². The molecule has 1 N–H and O–H groups in total. The molecule has 0 aliphatic carbocycles. The van der Waals surface area contributed by atoms with Crippen LogP contribution in [0.25, 0.3) is 0 Å². The van der Waals surface area contributed by atoms with E-state index in [1.807, 2.05) is 0 Å². The second-order valence-electron chi connectivity index (χ2n) is 3.28. The van der Waals surface area contributed by atoms with Crippen molar-refractivity contribution in [3.63, 3.8) is 0 Å². The molecule has 0 aromatic heterocycles. The quantitative estimate of drug-likeness (QED) is 0.633. The third-order valence-electron chi connectivity index (χ3n) is 2.19. The molecule has 1 rings (SSSR count). The van der Waals surface area contributed by atoms with E-state index in [1.165, 1.54) is 0 Å². The summed E-state index contributed by atoms with van der Waals surface area (Å²) in [5.41, 5.74) is -0.257. The molecule has 0 heterocycles. The fourth-order valence-corrected chi connectivity index (χ4v) is 2.28. The number of benzene rings is 1. The van der Waals surface area contributed by atoms with Gasteiger partial charge in [0.25, 0.3) is 5.69 Å². The molecule has 1 atom stereocenters. The Labute approximate surface area is 96.8 Å². The monoisotopic (exact) mass is 259 g/mol. The predicted molar refractivity (Wildman–Crippen MR) is 57.4 cm³/mol. The summed E-state index contributed by atoms with van der Waals surface area (Å²) in [6, 6.07) is 4.07. The third kappa shape index (κ3) is 2.59. The van der Waals surface area contributed by atoms with Gasteiger partial charge in [-0.15, -0.1) is 0 Å². The summed E-state index contributed by atoms with van der Waals surface area (Å²) in [4.78, 5) is 20.1. The first kappa shape index (κ1) is 13.1. The summed E-state index contributed by atoms with van der Waals surface area (Å²) in [6.07, 6.45) is 0. The van der Waals surface area contributed by atoms with Gasteiger partial charge in [-0.05, 0) is 19.1 Å². The topological polar surface area (TPSA) is 115 Å². The first-order valence-electron chi connectivity index (χ1n) is 4.48. The molecule has 1 aromatic rings. The molecule has 0 fully saturated rings. The van der Waals surface area contributed by atoms with Gasteiger partial charge in [-0.3, -0.25) is 14.9 Å². The van der Waals surface area contributed by atoms with Gasteiger partial charge in [0.15, 0.2) is 15.1 Å². The molecule has 0 amide bonds. The van der Waals surface area contributed by atoms with Crippen LogP contribution >= 0.6 is 0 Å². The maximum absolute atomic E-state index is 11.7. The largest absolute Gasteiger partial charge is 0.480 e. The summed E-state index contributed by atoms with van der Waals surface area (Å²) in [6.45, 7) is 1.04. The predicted octanol–water partition coefficient (Wildman–Crippen LogP) is 0.842. The van der Waals surface area contributed by atoms with E-state index in [4.69, 9.17) is 5.11 Å². The van der Waals surface area contributed by atoms with Gasteiger partial charge in [0.2, 0.25) is 0 Å². The molecule has 1 aromatic carbocycles. The fourth-order valence-electron chi connectivity index (χ4n) is 1.09. The van der Waals surface area contributed by atoms with Crippen LogP contribution in [0.15, 0.2) is 29.2 Å². The lowest BCUT2D eigenvalue weighted by Crippen LogP contribution is -2.26. The zero-order chi connectivity index (χ0) is 13.2.